The van der Waals surface area contributed by atoms with E-state index in [4.69, 9.17) is 0 Å². The molecule has 1 aromatic rings. The number of nitrogens with zero attached hydrogens (tertiary/aromatic N) is 1. The zero-order valence-corrected chi connectivity index (χ0v) is 6.36. The lowest BCUT2D eigenvalue weighted by Gasteiger charge is -2.03. The van der Waals surface area contributed by atoms with Crippen LogP contribution in [0.3, 0.4) is 0 Å². The van der Waals surface area contributed by atoms with Crippen molar-refractivity contribution in [1.29, 1.82) is 0 Å². The number of aromatic nitrogens is 1. The fraction of sp³-hybridized carbons (Fsp3) is 0. The van der Waals surface area contributed by atoms with Gasteiger partial charge in [0, 0.05) is 12.4 Å². The van der Waals surface area contributed by atoms with Crippen LogP contribution in [0.15, 0.2) is 36.7 Å². The summed E-state index contributed by atoms with van der Waals surface area (Å²) in [4.78, 5) is 4.07. The Kier molecular flexibility index (Phi) is 1.55. The van der Waals surface area contributed by atoms with Crippen molar-refractivity contribution in [2.75, 3.05) is 5.32 Å². The maximum atomic E-state index is 9.47. The standard InChI is InChI=1S/C9H8N2O/c12-8-4-2-6-11-9-7(8)3-1-5-10-9/h1-6,12H,(H,10,11). The Balaban J connectivity index is 2.58. The molecule has 0 saturated heterocycles. The highest BCUT2D eigenvalue weighted by atomic mass is 16.3. The van der Waals surface area contributed by atoms with Gasteiger partial charge in [-0.05, 0) is 24.3 Å². The molecule has 3 heteroatoms. The molecule has 3 nitrogen and oxygen atoms in total. The van der Waals surface area contributed by atoms with Gasteiger partial charge in [0.05, 0.1) is 5.56 Å². The quantitative estimate of drug-likeness (QED) is 0.609. The Morgan fingerprint density at radius 3 is 3.25 bits per heavy atom. The molecule has 0 unspecified atom stereocenters. The first-order valence-corrected chi connectivity index (χ1v) is 3.65. The normalized spacial score (nSPS) is 14.2. The smallest absolute Gasteiger partial charge is 0.140 e. The molecule has 0 bridgehead atoms. The molecule has 0 aliphatic carbocycles. The Bertz CT molecular complexity index is 355. The lowest BCUT2D eigenvalue weighted by molar-refractivity contribution is 0.512. The zero-order chi connectivity index (χ0) is 8.39. The Labute approximate surface area is 70.1 Å². The molecular formula is C9H8N2O. The highest BCUT2D eigenvalue weighted by Crippen LogP contribution is 2.20. The van der Waals surface area contributed by atoms with Gasteiger partial charge in [0.15, 0.2) is 0 Å². The van der Waals surface area contributed by atoms with Crippen molar-refractivity contribution >= 4 is 11.6 Å². The van der Waals surface area contributed by atoms with E-state index >= 15 is 0 Å². The summed E-state index contributed by atoms with van der Waals surface area (Å²) < 4.78 is 0. The van der Waals surface area contributed by atoms with Crippen LogP contribution >= 0.6 is 0 Å². The molecule has 60 valence electrons. The SMILES string of the molecule is OC1=CC=CNc2ncccc21. The van der Waals surface area contributed by atoms with Crippen molar-refractivity contribution in [3.63, 3.8) is 0 Å². The fourth-order valence-electron chi connectivity index (χ4n) is 1.08. The van der Waals surface area contributed by atoms with Crippen LogP contribution in [-0.4, -0.2) is 10.1 Å². The third kappa shape index (κ3) is 1.05. The second-order valence-electron chi connectivity index (χ2n) is 2.45. The topological polar surface area (TPSA) is 45.1 Å². The van der Waals surface area contributed by atoms with Crippen molar-refractivity contribution < 1.29 is 5.11 Å². The molecule has 12 heavy (non-hydrogen) atoms. The van der Waals surface area contributed by atoms with E-state index in [0.29, 0.717) is 5.82 Å². The van der Waals surface area contributed by atoms with Gasteiger partial charge in [-0.2, -0.15) is 0 Å². The van der Waals surface area contributed by atoms with Crippen molar-refractivity contribution in [2.24, 2.45) is 0 Å². The number of allylic oxidation sites excluding steroid dienone is 2. The molecule has 1 aliphatic rings. The second kappa shape index (κ2) is 2.70. The molecule has 0 spiro atoms. The third-order valence-corrected chi connectivity index (χ3v) is 1.65. The summed E-state index contributed by atoms with van der Waals surface area (Å²) in [5.41, 5.74) is 0.725. The third-order valence-electron chi connectivity index (χ3n) is 1.65. The molecule has 2 heterocycles. The number of fused-ring (bicyclic) bond motifs is 1. The van der Waals surface area contributed by atoms with Crippen LogP contribution in [0.25, 0.3) is 5.76 Å². The number of pyridine rings is 1. The monoisotopic (exact) mass is 160 g/mol. The van der Waals surface area contributed by atoms with Crippen molar-refractivity contribution in [3.8, 4) is 0 Å². The summed E-state index contributed by atoms with van der Waals surface area (Å²) in [7, 11) is 0. The van der Waals surface area contributed by atoms with E-state index in [-0.39, 0.29) is 5.76 Å². The van der Waals surface area contributed by atoms with Crippen LogP contribution in [0.1, 0.15) is 5.56 Å². The average molecular weight is 160 g/mol. The first-order chi connectivity index (χ1) is 5.88. The van der Waals surface area contributed by atoms with E-state index in [1.54, 1.807) is 30.6 Å². The maximum absolute atomic E-state index is 9.47. The molecule has 0 fully saturated rings. The number of anilines is 1. The second-order valence-corrected chi connectivity index (χ2v) is 2.45. The van der Waals surface area contributed by atoms with Gasteiger partial charge < -0.3 is 10.4 Å². The Morgan fingerprint density at radius 2 is 2.33 bits per heavy atom. The summed E-state index contributed by atoms with van der Waals surface area (Å²) in [5, 5.41) is 12.4. The van der Waals surface area contributed by atoms with Gasteiger partial charge >= 0.3 is 0 Å². The minimum atomic E-state index is 0.236. The van der Waals surface area contributed by atoms with Gasteiger partial charge in [-0.25, -0.2) is 4.98 Å². The summed E-state index contributed by atoms with van der Waals surface area (Å²) in [6.07, 6.45) is 6.77. The highest BCUT2D eigenvalue weighted by molar-refractivity contribution is 5.71. The lowest BCUT2D eigenvalue weighted by atomic mass is 10.2. The molecule has 0 aromatic carbocycles. The van der Waals surface area contributed by atoms with Gasteiger partial charge in [0.1, 0.15) is 11.6 Å². The number of nitrogens with one attached hydrogen (secondary N) is 1. The maximum Gasteiger partial charge on any atom is 0.140 e. The van der Waals surface area contributed by atoms with Gasteiger partial charge in [0.2, 0.25) is 0 Å². The van der Waals surface area contributed by atoms with Crippen molar-refractivity contribution in [3.05, 3.63) is 42.2 Å². The minimum Gasteiger partial charge on any atom is -0.507 e. The van der Waals surface area contributed by atoms with Gasteiger partial charge in [0.25, 0.3) is 0 Å². The van der Waals surface area contributed by atoms with E-state index in [9.17, 15) is 5.11 Å². The van der Waals surface area contributed by atoms with E-state index in [1.165, 1.54) is 0 Å². The molecule has 1 aliphatic heterocycles. The zero-order valence-electron chi connectivity index (χ0n) is 6.36. The fourth-order valence-corrected chi connectivity index (χ4v) is 1.08. The Hall–Kier alpha value is -1.77. The first-order valence-electron chi connectivity index (χ1n) is 3.65. The summed E-state index contributed by atoms with van der Waals surface area (Å²) in [6.45, 7) is 0. The summed E-state index contributed by atoms with van der Waals surface area (Å²) in [5.74, 6) is 0.916. The minimum absolute atomic E-state index is 0.236. The molecule has 1 aromatic heterocycles. The molecule has 0 radical (unpaired) electrons. The summed E-state index contributed by atoms with van der Waals surface area (Å²) in [6, 6.07) is 3.60. The number of aliphatic hydroxyl groups is 1. The number of rotatable bonds is 0. The van der Waals surface area contributed by atoms with Crippen molar-refractivity contribution in [2.45, 2.75) is 0 Å². The van der Waals surface area contributed by atoms with E-state index in [1.807, 2.05) is 6.07 Å². The molecule has 2 rings (SSSR count). The van der Waals surface area contributed by atoms with E-state index in [2.05, 4.69) is 10.3 Å². The summed E-state index contributed by atoms with van der Waals surface area (Å²) >= 11 is 0. The number of hydrogen-bond acceptors (Lipinski definition) is 3. The predicted octanol–water partition coefficient (Wildman–Crippen LogP) is 1.92. The molecule has 0 amide bonds. The van der Waals surface area contributed by atoms with Crippen LogP contribution in [0.4, 0.5) is 5.82 Å². The lowest BCUT2D eigenvalue weighted by Crippen LogP contribution is -1.94. The molecular weight excluding hydrogens is 152 g/mol. The largest absolute Gasteiger partial charge is 0.507 e. The number of aliphatic hydroxyl groups excluding tert-OH is 1. The predicted molar refractivity (Wildman–Crippen MR) is 47.6 cm³/mol. The number of hydrogen-bond donors (Lipinski definition) is 2. The molecule has 0 atom stereocenters. The van der Waals surface area contributed by atoms with Crippen LogP contribution < -0.4 is 5.32 Å². The first kappa shape index (κ1) is 6.91. The van der Waals surface area contributed by atoms with Gasteiger partial charge in [-0.3, -0.25) is 0 Å². The highest BCUT2D eigenvalue weighted by Gasteiger charge is 2.06. The molecule has 2 N–H and O–H groups in total. The van der Waals surface area contributed by atoms with Gasteiger partial charge in [-0.15, -0.1) is 0 Å². The molecule has 0 saturated carbocycles. The van der Waals surface area contributed by atoms with E-state index < -0.39 is 0 Å². The van der Waals surface area contributed by atoms with Crippen LogP contribution in [-0.2, 0) is 0 Å². The van der Waals surface area contributed by atoms with E-state index in [0.717, 1.165) is 5.56 Å². The Morgan fingerprint density at radius 1 is 1.42 bits per heavy atom. The van der Waals surface area contributed by atoms with Crippen LogP contribution in [0.2, 0.25) is 0 Å². The van der Waals surface area contributed by atoms with Crippen LogP contribution in [0.5, 0.6) is 0 Å². The van der Waals surface area contributed by atoms with Gasteiger partial charge in [-0.1, -0.05) is 0 Å². The van der Waals surface area contributed by atoms with Crippen LogP contribution in [0, 0.1) is 0 Å². The average Bonchev–Trinajstić information content (AvgIpc) is 2.29. The van der Waals surface area contributed by atoms with Crippen molar-refractivity contribution in [1.82, 2.24) is 4.98 Å².